The van der Waals surface area contributed by atoms with Crippen LogP contribution in [0.25, 0.3) is 16.9 Å². The fourth-order valence-electron chi connectivity index (χ4n) is 3.55. The molecule has 0 aliphatic heterocycles. The van der Waals surface area contributed by atoms with Crippen LogP contribution in [0, 0.1) is 0 Å². The number of nitrogens with one attached hydrogen (secondary N) is 1. The number of halogens is 2. The van der Waals surface area contributed by atoms with Crippen LogP contribution in [0.3, 0.4) is 0 Å². The molecule has 1 atom stereocenters. The topological polar surface area (TPSA) is 68.5 Å². The number of carbonyl (C=O) groups is 1. The number of ether oxygens (including phenoxy) is 1. The fourth-order valence-corrected chi connectivity index (χ4v) is 3.55. The Balaban J connectivity index is 1.75. The van der Waals surface area contributed by atoms with Gasteiger partial charge in [-0.05, 0) is 42.3 Å². The molecule has 6 nitrogen and oxygen atoms in total. The number of alkyl halides is 2. The lowest BCUT2D eigenvalue weighted by Gasteiger charge is -2.17. The monoisotopic (exact) mass is 436 g/mol. The third-order valence-corrected chi connectivity index (χ3v) is 5.27. The van der Waals surface area contributed by atoms with Crippen LogP contribution < -0.4 is 10.1 Å². The number of carbonyl (C=O) groups excluding carboxylic acids is 1. The Kier molecular flexibility index (Phi) is 6.11. The Morgan fingerprint density at radius 3 is 2.47 bits per heavy atom. The molecular formula is C24H22F2N4O2. The van der Waals surface area contributed by atoms with E-state index in [0.29, 0.717) is 23.4 Å². The summed E-state index contributed by atoms with van der Waals surface area (Å²) >= 11 is 0. The first-order valence-corrected chi connectivity index (χ1v) is 10.2. The Labute approximate surface area is 183 Å². The lowest BCUT2D eigenvalue weighted by atomic mass is 10.0. The molecule has 4 rings (SSSR count). The highest BCUT2D eigenvalue weighted by Crippen LogP contribution is 2.28. The number of amides is 1. The van der Waals surface area contributed by atoms with Crippen molar-refractivity contribution in [1.82, 2.24) is 19.9 Å². The molecule has 1 N–H and O–H groups in total. The van der Waals surface area contributed by atoms with Gasteiger partial charge in [-0.15, -0.1) is 0 Å². The zero-order valence-corrected chi connectivity index (χ0v) is 17.6. The summed E-state index contributed by atoms with van der Waals surface area (Å²) < 4.78 is 33.8. The van der Waals surface area contributed by atoms with Gasteiger partial charge in [0.25, 0.3) is 12.3 Å². The highest BCUT2D eigenvalue weighted by molar-refractivity contribution is 6.00. The standard InChI is InChI=1S/C24H22F2N4O2/c1-3-19(15-7-5-4-6-8-15)29-24(31)18-14-27-30-21(22(25)26)13-20(28-23(18)30)16-9-11-17(32-2)12-10-16/h4-14,19,22H,3H2,1-2H3,(H,29,31)/t19-/m0/s1. The van der Waals surface area contributed by atoms with E-state index in [0.717, 1.165) is 10.1 Å². The molecule has 1 amide bonds. The first kappa shape index (κ1) is 21.4. The summed E-state index contributed by atoms with van der Waals surface area (Å²) in [5.41, 5.74) is 1.78. The van der Waals surface area contributed by atoms with Gasteiger partial charge in [-0.25, -0.2) is 18.3 Å². The zero-order chi connectivity index (χ0) is 22.7. The maximum absolute atomic E-state index is 13.8. The summed E-state index contributed by atoms with van der Waals surface area (Å²) in [4.78, 5) is 17.6. The number of methoxy groups -OCH3 is 1. The SMILES string of the molecule is CC[C@H](NC(=O)c1cnn2c(C(F)F)cc(-c3ccc(OC)cc3)nc12)c1ccccc1. The van der Waals surface area contributed by atoms with E-state index in [4.69, 9.17) is 4.74 Å². The highest BCUT2D eigenvalue weighted by atomic mass is 19.3. The van der Waals surface area contributed by atoms with E-state index in [-0.39, 0.29) is 22.9 Å². The quantitative estimate of drug-likeness (QED) is 0.431. The van der Waals surface area contributed by atoms with Gasteiger partial charge < -0.3 is 10.1 Å². The van der Waals surface area contributed by atoms with Gasteiger partial charge in [0.1, 0.15) is 17.0 Å². The van der Waals surface area contributed by atoms with E-state index in [1.54, 1.807) is 31.4 Å². The average molecular weight is 436 g/mol. The molecule has 4 aromatic rings. The lowest BCUT2D eigenvalue weighted by molar-refractivity contribution is 0.0936. The second-order valence-electron chi connectivity index (χ2n) is 7.23. The number of fused-ring (bicyclic) bond motifs is 1. The molecule has 0 aliphatic rings. The molecule has 0 fully saturated rings. The van der Waals surface area contributed by atoms with E-state index >= 15 is 0 Å². The van der Waals surface area contributed by atoms with E-state index in [9.17, 15) is 13.6 Å². The van der Waals surface area contributed by atoms with E-state index in [2.05, 4.69) is 15.4 Å². The summed E-state index contributed by atoms with van der Waals surface area (Å²) in [7, 11) is 1.55. The molecule has 2 aromatic heterocycles. The van der Waals surface area contributed by atoms with Crippen molar-refractivity contribution in [2.45, 2.75) is 25.8 Å². The maximum Gasteiger partial charge on any atom is 0.280 e. The fraction of sp³-hybridized carbons (Fsp3) is 0.208. The number of rotatable bonds is 7. The highest BCUT2D eigenvalue weighted by Gasteiger charge is 2.23. The molecule has 0 unspecified atom stereocenters. The van der Waals surface area contributed by atoms with Crippen molar-refractivity contribution in [3.8, 4) is 17.0 Å². The van der Waals surface area contributed by atoms with E-state index in [1.807, 2.05) is 37.3 Å². The van der Waals surface area contributed by atoms with Crippen molar-refractivity contribution >= 4 is 11.6 Å². The zero-order valence-electron chi connectivity index (χ0n) is 17.6. The number of hydrogen-bond acceptors (Lipinski definition) is 4. The minimum absolute atomic E-state index is 0.0778. The van der Waals surface area contributed by atoms with Gasteiger partial charge >= 0.3 is 0 Å². The van der Waals surface area contributed by atoms with Crippen molar-refractivity contribution in [2.75, 3.05) is 7.11 Å². The third-order valence-electron chi connectivity index (χ3n) is 5.27. The van der Waals surface area contributed by atoms with Gasteiger partial charge in [0.2, 0.25) is 0 Å². The van der Waals surface area contributed by atoms with Gasteiger partial charge in [0.15, 0.2) is 5.65 Å². The van der Waals surface area contributed by atoms with Gasteiger partial charge in [0.05, 0.1) is 25.0 Å². The Morgan fingerprint density at radius 1 is 1.12 bits per heavy atom. The molecule has 0 spiro atoms. The molecule has 32 heavy (non-hydrogen) atoms. The summed E-state index contributed by atoms with van der Waals surface area (Å²) in [6.45, 7) is 1.96. The molecule has 0 saturated carbocycles. The molecule has 2 aromatic carbocycles. The Morgan fingerprint density at radius 2 is 1.84 bits per heavy atom. The number of hydrogen-bond donors (Lipinski definition) is 1. The molecular weight excluding hydrogens is 414 g/mol. The third kappa shape index (κ3) is 4.16. The van der Waals surface area contributed by atoms with Gasteiger partial charge in [-0.2, -0.15) is 5.10 Å². The van der Waals surface area contributed by atoms with Gasteiger partial charge in [-0.3, -0.25) is 4.79 Å². The predicted octanol–water partition coefficient (Wildman–Crippen LogP) is 5.22. The van der Waals surface area contributed by atoms with Crippen LogP contribution in [0.15, 0.2) is 66.9 Å². The lowest BCUT2D eigenvalue weighted by Crippen LogP contribution is -2.28. The van der Waals surface area contributed by atoms with Crippen LogP contribution >= 0.6 is 0 Å². The second-order valence-corrected chi connectivity index (χ2v) is 7.23. The first-order valence-electron chi connectivity index (χ1n) is 10.2. The van der Waals surface area contributed by atoms with E-state index in [1.165, 1.54) is 12.3 Å². The molecule has 0 radical (unpaired) electrons. The van der Waals surface area contributed by atoms with Crippen LogP contribution in [0.5, 0.6) is 5.75 Å². The number of nitrogens with zero attached hydrogens (tertiary/aromatic N) is 3. The van der Waals surface area contributed by atoms with Crippen molar-refractivity contribution in [3.63, 3.8) is 0 Å². The number of benzene rings is 2. The summed E-state index contributed by atoms with van der Waals surface area (Å²) in [6, 6.07) is 17.5. The van der Waals surface area contributed by atoms with Gasteiger partial charge in [0, 0.05) is 5.56 Å². The van der Waals surface area contributed by atoms with E-state index < -0.39 is 12.3 Å². The Bertz CT molecular complexity index is 1220. The molecule has 8 heteroatoms. The summed E-state index contributed by atoms with van der Waals surface area (Å²) in [6.07, 6.45) is -0.845. The van der Waals surface area contributed by atoms with Crippen LogP contribution in [0.2, 0.25) is 0 Å². The average Bonchev–Trinajstić information content (AvgIpc) is 3.26. The summed E-state index contributed by atoms with van der Waals surface area (Å²) in [5, 5.41) is 6.99. The van der Waals surface area contributed by atoms with Gasteiger partial charge in [-0.1, -0.05) is 37.3 Å². The molecule has 2 heterocycles. The number of aromatic nitrogens is 3. The molecule has 0 bridgehead atoms. The molecule has 164 valence electrons. The normalized spacial score (nSPS) is 12.2. The minimum Gasteiger partial charge on any atom is -0.497 e. The largest absolute Gasteiger partial charge is 0.497 e. The van der Waals surface area contributed by atoms with Crippen molar-refractivity contribution < 1.29 is 18.3 Å². The summed E-state index contributed by atoms with van der Waals surface area (Å²) in [5.74, 6) is 0.218. The predicted molar refractivity (Wildman–Crippen MR) is 117 cm³/mol. The first-order chi connectivity index (χ1) is 15.5. The van der Waals surface area contributed by atoms with Crippen molar-refractivity contribution in [1.29, 1.82) is 0 Å². The molecule has 0 aliphatic carbocycles. The van der Waals surface area contributed by atoms with Crippen molar-refractivity contribution in [2.24, 2.45) is 0 Å². The smallest absolute Gasteiger partial charge is 0.280 e. The van der Waals surface area contributed by atoms with Crippen LogP contribution in [-0.2, 0) is 0 Å². The van der Waals surface area contributed by atoms with Crippen LogP contribution in [0.1, 0.15) is 47.4 Å². The second kappa shape index (κ2) is 9.13. The Hall–Kier alpha value is -3.81. The molecule has 0 saturated heterocycles. The van der Waals surface area contributed by atoms with Crippen molar-refractivity contribution in [3.05, 3.63) is 83.7 Å². The van der Waals surface area contributed by atoms with Crippen LogP contribution in [-0.4, -0.2) is 27.6 Å². The minimum atomic E-state index is -2.79. The maximum atomic E-state index is 13.8. The van der Waals surface area contributed by atoms with Crippen LogP contribution in [0.4, 0.5) is 8.78 Å².